The van der Waals surface area contributed by atoms with Crippen LogP contribution < -0.4 is 10.6 Å². The summed E-state index contributed by atoms with van der Waals surface area (Å²) in [5.74, 6) is 0.636. The molecule has 2 rings (SSSR count). The van der Waals surface area contributed by atoms with Gasteiger partial charge in [-0.3, -0.25) is 14.9 Å². The summed E-state index contributed by atoms with van der Waals surface area (Å²) < 4.78 is 0. The molecule has 1 amide bonds. The average Bonchev–Trinajstić information content (AvgIpc) is 2.33. The lowest BCUT2D eigenvalue weighted by Crippen LogP contribution is -2.42. The molecule has 1 aliphatic heterocycles. The van der Waals surface area contributed by atoms with E-state index in [1.54, 1.807) is 6.07 Å². The fourth-order valence-corrected chi connectivity index (χ4v) is 1.64. The van der Waals surface area contributed by atoms with Crippen LogP contribution in [0.15, 0.2) is 18.3 Å². The highest BCUT2D eigenvalue weighted by atomic mass is 16.6. The van der Waals surface area contributed by atoms with E-state index in [1.165, 1.54) is 12.3 Å². The molecule has 17 heavy (non-hydrogen) atoms. The van der Waals surface area contributed by atoms with Crippen molar-refractivity contribution in [1.82, 2.24) is 10.3 Å². The largest absolute Gasteiger partial charge is 0.366 e. The molecule has 0 aromatic carbocycles. The maximum Gasteiger partial charge on any atom is 0.287 e. The number of pyridine rings is 1. The van der Waals surface area contributed by atoms with Crippen molar-refractivity contribution < 1.29 is 9.72 Å². The summed E-state index contributed by atoms with van der Waals surface area (Å²) >= 11 is 0. The molecule has 7 heteroatoms. The summed E-state index contributed by atoms with van der Waals surface area (Å²) in [7, 11) is 0. The zero-order valence-electron chi connectivity index (χ0n) is 9.05. The minimum absolute atomic E-state index is 0.0347. The second-order valence-corrected chi connectivity index (χ2v) is 3.84. The third-order valence-corrected chi connectivity index (χ3v) is 2.58. The lowest BCUT2D eigenvalue weighted by atomic mass is 10.1. The van der Waals surface area contributed by atoms with Crippen LogP contribution in [0.2, 0.25) is 0 Å². The molecule has 1 atom stereocenters. The second-order valence-electron chi connectivity index (χ2n) is 3.84. The molecule has 1 aromatic rings. The van der Waals surface area contributed by atoms with Gasteiger partial charge in [0.05, 0.1) is 4.92 Å². The highest BCUT2D eigenvalue weighted by molar-refractivity contribution is 5.76. The number of carbonyl (C=O) groups excluding carboxylic acids is 1. The number of hydrogen-bond acceptors (Lipinski definition) is 5. The van der Waals surface area contributed by atoms with Crippen molar-refractivity contribution in [3.8, 4) is 0 Å². The Morgan fingerprint density at radius 1 is 1.53 bits per heavy atom. The van der Waals surface area contributed by atoms with E-state index in [1.807, 2.05) is 0 Å². The molecule has 0 saturated carbocycles. The monoisotopic (exact) mass is 236 g/mol. The predicted molar refractivity (Wildman–Crippen MR) is 60.5 cm³/mol. The number of piperidine rings is 1. The van der Waals surface area contributed by atoms with Gasteiger partial charge >= 0.3 is 0 Å². The van der Waals surface area contributed by atoms with Crippen LogP contribution in [0.3, 0.4) is 0 Å². The first-order chi connectivity index (χ1) is 8.15. The number of carbonyl (C=O) groups is 1. The lowest BCUT2D eigenvalue weighted by molar-refractivity contribution is -0.385. The van der Waals surface area contributed by atoms with Crippen LogP contribution in [0.5, 0.6) is 0 Å². The zero-order chi connectivity index (χ0) is 12.3. The van der Waals surface area contributed by atoms with E-state index in [0.717, 1.165) is 6.42 Å². The van der Waals surface area contributed by atoms with E-state index < -0.39 is 4.92 Å². The van der Waals surface area contributed by atoms with Gasteiger partial charge < -0.3 is 10.6 Å². The van der Waals surface area contributed by atoms with E-state index in [0.29, 0.717) is 18.8 Å². The van der Waals surface area contributed by atoms with E-state index in [-0.39, 0.29) is 17.6 Å². The topological polar surface area (TPSA) is 97.2 Å². The first-order valence-corrected chi connectivity index (χ1v) is 5.29. The summed E-state index contributed by atoms with van der Waals surface area (Å²) in [6, 6.07) is 3.09. The van der Waals surface area contributed by atoms with Crippen LogP contribution in [-0.2, 0) is 4.79 Å². The van der Waals surface area contributed by atoms with E-state index in [4.69, 9.17) is 0 Å². The molecule has 0 bridgehead atoms. The van der Waals surface area contributed by atoms with Crippen LogP contribution >= 0.6 is 0 Å². The second kappa shape index (κ2) is 4.77. The standard InChI is InChI=1S/C10H12N4O3/c15-10-4-1-7(5-12-10)13-9-3-2-8(6-11-9)14(16)17/h2-3,6-7H,1,4-5H2,(H,11,13)(H,12,15). The summed E-state index contributed by atoms with van der Waals surface area (Å²) in [4.78, 5) is 24.8. The third kappa shape index (κ3) is 2.90. The van der Waals surface area contributed by atoms with Crippen molar-refractivity contribution in [2.75, 3.05) is 11.9 Å². The number of nitrogens with zero attached hydrogens (tertiary/aromatic N) is 2. The van der Waals surface area contributed by atoms with Crippen molar-refractivity contribution in [3.63, 3.8) is 0 Å². The van der Waals surface area contributed by atoms with Crippen LogP contribution in [0.4, 0.5) is 11.5 Å². The number of aromatic nitrogens is 1. The van der Waals surface area contributed by atoms with Crippen molar-refractivity contribution in [2.45, 2.75) is 18.9 Å². The minimum Gasteiger partial charge on any atom is -0.366 e. The molecule has 1 aliphatic rings. The Morgan fingerprint density at radius 3 is 2.88 bits per heavy atom. The van der Waals surface area contributed by atoms with Gasteiger partial charge in [-0.25, -0.2) is 4.98 Å². The smallest absolute Gasteiger partial charge is 0.287 e. The van der Waals surface area contributed by atoms with E-state index >= 15 is 0 Å². The van der Waals surface area contributed by atoms with Gasteiger partial charge in [0.15, 0.2) is 0 Å². The molecule has 1 aromatic heterocycles. The molecular formula is C10H12N4O3. The van der Waals surface area contributed by atoms with Crippen molar-refractivity contribution in [3.05, 3.63) is 28.4 Å². The molecule has 1 unspecified atom stereocenters. The quantitative estimate of drug-likeness (QED) is 0.594. The Morgan fingerprint density at radius 2 is 2.35 bits per heavy atom. The van der Waals surface area contributed by atoms with Crippen LogP contribution in [-0.4, -0.2) is 28.4 Å². The van der Waals surface area contributed by atoms with E-state index in [2.05, 4.69) is 15.6 Å². The van der Waals surface area contributed by atoms with Crippen LogP contribution in [0.25, 0.3) is 0 Å². The number of nitrogens with one attached hydrogen (secondary N) is 2. The number of amides is 1. The SMILES string of the molecule is O=C1CCC(Nc2ccc([N+](=O)[O-])cn2)CN1. The van der Waals surface area contributed by atoms with Crippen molar-refractivity contribution in [1.29, 1.82) is 0 Å². The summed E-state index contributed by atoms with van der Waals surface area (Å²) in [6.07, 6.45) is 2.44. The Labute approximate surface area is 97.4 Å². The predicted octanol–water partition coefficient (Wildman–Crippen LogP) is 0.680. The molecule has 0 radical (unpaired) electrons. The highest BCUT2D eigenvalue weighted by Gasteiger charge is 2.18. The van der Waals surface area contributed by atoms with Gasteiger partial charge in [-0.15, -0.1) is 0 Å². The maximum atomic E-state index is 11.0. The molecule has 90 valence electrons. The van der Waals surface area contributed by atoms with Crippen molar-refractivity contribution in [2.24, 2.45) is 0 Å². The first kappa shape index (κ1) is 11.3. The van der Waals surface area contributed by atoms with Crippen LogP contribution in [0.1, 0.15) is 12.8 Å². The number of nitro groups is 1. The summed E-state index contributed by atoms with van der Waals surface area (Å²) in [6.45, 7) is 0.553. The Kier molecular flexibility index (Phi) is 3.17. The highest BCUT2D eigenvalue weighted by Crippen LogP contribution is 2.14. The molecule has 2 N–H and O–H groups in total. The van der Waals surface area contributed by atoms with E-state index in [9.17, 15) is 14.9 Å². The van der Waals surface area contributed by atoms with Gasteiger partial charge in [0.1, 0.15) is 12.0 Å². The molecule has 1 saturated heterocycles. The Hall–Kier alpha value is -2.18. The van der Waals surface area contributed by atoms with Crippen LogP contribution in [0, 0.1) is 10.1 Å². The van der Waals surface area contributed by atoms with Gasteiger partial charge in [0.25, 0.3) is 5.69 Å². The molecule has 0 spiro atoms. The summed E-state index contributed by atoms with van der Waals surface area (Å²) in [5.41, 5.74) is -0.0347. The normalized spacial score (nSPS) is 19.5. The number of anilines is 1. The zero-order valence-corrected chi connectivity index (χ0v) is 9.05. The van der Waals surface area contributed by atoms with Gasteiger partial charge in [0.2, 0.25) is 5.91 Å². The maximum absolute atomic E-state index is 11.0. The number of rotatable bonds is 3. The minimum atomic E-state index is -0.488. The molecule has 2 heterocycles. The third-order valence-electron chi connectivity index (χ3n) is 2.58. The average molecular weight is 236 g/mol. The van der Waals surface area contributed by atoms with Crippen molar-refractivity contribution >= 4 is 17.4 Å². The summed E-state index contributed by atoms with van der Waals surface area (Å²) in [5, 5.41) is 16.3. The Balaban J connectivity index is 1.95. The number of hydrogen-bond donors (Lipinski definition) is 2. The molecule has 0 aliphatic carbocycles. The van der Waals surface area contributed by atoms with Gasteiger partial charge in [-0.05, 0) is 12.5 Å². The lowest BCUT2D eigenvalue weighted by Gasteiger charge is -2.23. The first-order valence-electron chi connectivity index (χ1n) is 5.29. The van der Waals surface area contributed by atoms with Gasteiger partial charge in [0, 0.05) is 25.1 Å². The molecule has 7 nitrogen and oxygen atoms in total. The molecular weight excluding hydrogens is 224 g/mol. The Bertz CT molecular complexity index is 422. The fourth-order valence-electron chi connectivity index (χ4n) is 1.64. The van der Waals surface area contributed by atoms with Gasteiger partial charge in [-0.2, -0.15) is 0 Å². The van der Waals surface area contributed by atoms with Gasteiger partial charge in [-0.1, -0.05) is 0 Å². The fraction of sp³-hybridized carbons (Fsp3) is 0.400. The molecule has 1 fully saturated rings.